The van der Waals surface area contributed by atoms with Crippen LogP contribution in [0.3, 0.4) is 0 Å². The van der Waals surface area contributed by atoms with E-state index in [4.69, 9.17) is 9.15 Å². The average molecular weight is 451 g/mol. The summed E-state index contributed by atoms with van der Waals surface area (Å²) in [5.41, 5.74) is 3.10. The Labute approximate surface area is 155 Å². The number of halogens is 2. The van der Waals surface area contributed by atoms with E-state index in [9.17, 15) is 4.79 Å². The minimum absolute atomic E-state index is 0.338. The minimum Gasteiger partial charge on any atom is -0.473 e. The Morgan fingerprint density at radius 1 is 1.12 bits per heavy atom. The number of fused-ring (bicyclic) bond motifs is 3. The number of rotatable bonds is 1. The Morgan fingerprint density at radius 2 is 1.96 bits per heavy atom. The van der Waals surface area contributed by atoms with Crippen molar-refractivity contribution in [2.45, 2.75) is 13.5 Å². The third-order valence-electron chi connectivity index (χ3n) is 4.15. The average Bonchev–Trinajstić information content (AvgIpc) is 2.54. The highest BCUT2D eigenvalue weighted by Gasteiger charge is 2.23. The molecule has 0 spiro atoms. The summed E-state index contributed by atoms with van der Waals surface area (Å²) < 4.78 is 13.4. The van der Waals surface area contributed by atoms with Gasteiger partial charge in [0.1, 0.15) is 11.3 Å². The van der Waals surface area contributed by atoms with Gasteiger partial charge in [-0.2, -0.15) is 0 Å². The maximum atomic E-state index is 11.8. The molecule has 1 aromatic heterocycles. The van der Waals surface area contributed by atoms with Gasteiger partial charge in [0, 0.05) is 20.4 Å². The molecule has 0 amide bonds. The smallest absolute Gasteiger partial charge is 0.336 e. The molecule has 122 valence electrons. The molecule has 1 aliphatic heterocycles. The van der Waals surface area contributed by atoms with E-state index >= 15 is 0 Å². The molecule has 0 unspecified atom stereocenters. The zero-order valence-electron chi connectivity index (χ0n) is 12.8. The Morgan fingerprint density at radius 3 is 2.75 bits per heavy atom. The maximum Gasteiger partial charge on any atom is 0.336 e. The Balaban J connectivity index is 1.84. The molecule has 0 saturated carbocycles. The SMILES string of the molecule is Cc1cc(=O)oc2c3c(ccc12)OCN(c1ccc(Br)cc1Br)C3. The lowest BCUT2D eigenvalue weighted by atomic mass is 10.0. The van der Waals surface area contributed by atoms with Crippen molar-refractivity contribution in [1.82, 2.24) is 0 Å². The molecular formula is C18H13Br2NO3. The van der Waals surface area contributed by atoms with E-state index in [2.05, 4.69) is 36.8 Å². The number of aryl methyl sites for hydroxylation is 1. The zero-order valence-corrected chi connectivity index (χ0v) is 16.0. The van der Waals surface area contributed by atoms with Crippen LogP contribution in [0, 0.1) is 6.92 Å². The van der Waals surface area contributed by atoms with Crippen LogP contribution in [0.2, 0.25) is 0 Å². The van der Waals surface area contributed by atoms with Crippen LogP contribution in [0.4, 0.5) is 5.69 Å². The molecule has 6 heteroatoms. The normalized spacial score (nSPS) is 13.7. The minimum atomic E-state index is -0.338. The first kappa shape index (κ1) is 15.7. The summed E-state index contributed by atoms with van der Waals surface area (Å²) in [7, 11) is 0. The van der Waals surface area contributed by atoms with Gasteiger partial charge in [-0.1, -0.05) is 15.9 Å². The van der Waals surface area contributed by atoms with Gasteiger partial charge in [-0.3, -0.25) is 0 Å². The van der Waals surface area contributed by atoms with Crippen molar-refractivity contribution in [3.8, 4) is 5.75 Å². The van der Waals surface area contributed by atoms with Crippen LogP contribution in [-0.4, -0.2) is 6.73 Å². The molecule has 0 aliphatic carbocycles. The molecule has 0 radical (unpaired) electrons. The van der Waals surface area contributed by atoms with E-state index in [1.54, 1.807) is 0 Å². The fourth-order valence-electron chi connectivity index (χ4n) is 2.98. The van der Waals surface area contributed by atoms with Gasteiger partial charge in [0.25, 0.3) is 0 Å². The summed E-state index contributed by atoms with van der Waals surface area (Å²) in [5, 5.41) is 0.939. The van der Waals surface area contributed by atoms with E-state index < -0.39 is 0 Å². The number of hydrogen-bond donors (Lipinski definition) is 0. The third-order valence-corrected chi connectivity index (χ3v) is 5.28. The summed E-state index contributed by atoms with van der Waals surface area (Å²) in [6.45, 7) is 2.96. The number of benzene rings is 2. The van der Waals surface area contributed by atoms with Crippen LogP contribution >= 0.6 is 31.9 Å². The summed E-state index contributed by atoms with van der Waals surface area (Å²) in [6.07, 6.45) is 0. The van der Waals surface area contributed by atoms with Crippen molar-refractivity contribution >= 4 is 48.5 Å². The van der Waals surface area contributed by atoms with Crippen molar-refractivity contribution in [2.24, 2.45) is 0 Å². The van der Waals surface area contributed by atoms with Crippen molar-refractivity contribution in [3.05, 3.63) is 66.9 Å². The largest absolute Gasteiger partial charge is 0.473 e. The molecule has 0 saturated heterocycles. The summed E-state index contributed by atoms with van der Waals surface area (Å²) >= 11 is 7.06. The van der Waals surface area contributed by atoms with E-state index in [-0.39, 0.29) is 5.63 Å². The molecule has 24 heavy (non-hydrogen) atoms. The lowest BCUT2D eigenvalue weighted by Gasteiger charge is -2.31. The third kappa shape index (κ3) is 2.63. The van der Waals surface area contributed by atoms with Gasteiger partial charge in [0.15, 0.2) is 6.73 Å². The quantitative estimate of drug-likeness (QED) is 0.490. The zero-order chi connectivity index (χ0) is 16.8. The number of nitrogens with zero attached hydrogens (tertiary/aromatic N) is 1. The Kier molecular flexibility index (Phi) is 3.89. The van der Waals surface area contributed by atoms with Gasteiger partial charge in [0.2, 0.25) is 0 Å². The second kappa shape index (κ2) is 5.93. The first-order valence-electron chi connectivity index (χ1n) is 7.42. The molecule has 0 fully saturated rings. The molecule has 2 aromatic carbocycles. The second-order valence-corrected chi connectivity index (χ2v) is 7.50. The van der Waals surface area contributed by atoms with E-state index in [1.165, 1.54) is 6.07 Å². The second-order valence-electron chi connectivity index (χ2n) is 5.73. The van der Waals surface area contributed by atoms with Crippen LogP contribution in [0.15, 0.2) is 54.6 Å². The first-order chi connectivity index (χ1) is 11.5. The molecular weight excluding hydrogens is 438 g/mol. The molecule has 0 atom stereocenters. The van der Waals surface area contributed by atoms with Crippen molar-refractivity contribution < 1.29 is 9.15 Å². The monoisotopic (exact) mass is 449 g/mol. The number of hydrogen-bond acceptors (Lipinski definition) is 4. The molecule has 4 rings (SSSR count). The highest BCUT2D eigenvalue weighted by atomic mass is 79.9. The molecule has 3 aromatic rings. The van der Waals surface area contributed by atoms with Gasteiger partial charge in [-0.15, -0.1) is 0 Å². The first-order valence-corrected chi connectivity index (χ1v) is 9.00. The predicted octanol–water partition coefficient (Wildman–Crippen LogP) is 4.98. The van der Waals surface area contributed by atoms with Gasteiger partial charge in [0.05, 0.1) is 17.8 Å². The number of ether oxygens (including phenoxy) is 1. The molecule has 2 heterocycles. The van der Waals surface area contributed by atoms with Crippen LogP contribution in [-0.2, 0) is 6.54 Å². The van der Waals surface area contributed by atoms with E-state index in [0.717, 1.165) is 36.9 Å². The van der Waals surface area contributed by atoms with Crippen LogP contribution in [0.1, 0.15) is 11.1 Å². The fraction of sp³-hybridized carbons (Fsp3) is 0.167. The molecule has 0 N–H and O–H groups in total. The number of anilines is 1. The fourth-order valence-corrected chi connectivity index (χ4v) is 4.28. The Hall–Kier alpha value is -1.79. The molecule has 1 aliphatic rings. The maximum absolute atomic E-state index is 11.8. The molecule has 0 bridgehead atoms. The predicted molar refractivity (Wildman–Crippen MR) is 101 cm³/mol. The van der Waals surface area contributed by atoms with Crippen LogP contribution < -0.4 is 15.3 Å². The van der Waals surface area contributed by atoms with Crippen molar-refractivity contribution in [2.75, 3.05) is 11.6 Å². The van der Waals surface area contributed by atoms with Gasteiger partial charge in [-0.25, -0.2) is 4.79 Å². The highest BCUT2D eigenvalue weighted by Crippen LogP contribution is 2.37. The summed E-state index contributed by atoms with van der Waals surface area (Å²) in [4.78, 5) is 13.9. The summed E-state index contributed by atoms with van der Waals surface area (Å²) in [5.74, 6) is 0.765. The summed E-state index contributed by atoms with van der Waals surface area (Å²) in [6, 6.07) is 11.4. The topological polar surface area (TPSA) is 42.7 Å². The van der Waals surface area contributed by atoms with E-state index in [0.29, 0.717) is 18.9 Å². The highest BCUT2D eigenvalue weighted by molar-refractivity contribution is 9.11. The lowest BCUT2D eigenvalue weighted by Crippen LogP contribution is -2.32. The Bertz CT molecular complexity index is 1010. The van der Waals surface area contributed by atoms with Gasteiger partial charge in [-0.05, 0) is 58.7 Å². The van der Waals surface area contributed by atoms with Gasteiger partial charge >= 0.3 is 5.63 Å². The lowest BCUT2D eigenvalue weighted by molar-refractivity contribution is 0.289. The standard InChI is InChI=1S/C18H13Br2NO3/c1-10-6-17(22)24-18-12(10)3-5-16-13(18)8-21(9-23-16)15-4-2-11(19)7-14(15)20/h2-7H,8-9H2,1H3. The molecule has 4 nitrogen and oxygen atoms in total. The van der Waals surface area contributed by atoms with Gasteiger partial charge < -0.3 is 14.1 Å². The van der Waals surface area contributed by atoms with Crippen LogP contribution in [0.5, 0.6) is 5.75 Å². The van der Waals surface area contributed by atoms with E-state index in [1.807, 2.05) is 37.3 Å². The van der Waals surface area contributed by atoms with Crippen molar-refractivity contribution in [3.63, 3.8) is 0 Å². The van der Waals surface area contributed by atoms with Crippen molar-refractivity contribution in [1.29, 1.82) is 0 Å². The van der Waals surface area contributed by atoms with Crippen LogP contribution in [0.25, 0.3) is 11.0 Å².